The van der Waals surface area contributed by atoms with Crippen molar-refractivity contribution in [2.24, 2.45) is 0 Å². The molecule has 1 amide bonds. The van der Waals surface area contributed by atoms with E-state index in [9.17, 15) is 4.79 Å². The highest BCUT2D eigenvalue weighted by Crippen LogP contribution is 2.23. The van der Waals surface area contributed by atoms with Crippen LogP contribution in [-0.2, 0) is 4.79 Å². The van der Waals surface area contributed by atoms with Crippen LogP contribution in [0.25, 0.3) is 0 Å². The minimum absolute atomic E-state index is 0.0737. The molecule has 0 aliphatic rings. The highest BCUT2D eigenvalue weighted by Gasteiger charge is 2.07. The molecule has 5 nitrogen and oxygen atoms in total. The highest BCUT2D eigenvalue weighted by molar-refractivity contribution is 5.88. The maximum absolute atomic E-state index is 11.2. The molecule has 0 radical (unpaired) electrons. The third-order valence-electron chi connectivity index (χ3n) is 3.83. The molecule has 0 heterocycles. The van der Waals surface area contributed by atoms with Crippen LogP contribution >= 0.6 is 0 Å². The van der Waals surface area contributed by atoms with E-state index >= 15 is 0 Å². The summed E-state index contributed by atoms with van der Waals surface area (Å²) in [7, 11) is 1.95. The number of hydrogen-bond donors (Lipinski definition) is 3. The Kier molecular flexibility index (Phi) is 6.21. The van der Waals surface area contributed by atoms with Gasteiger partial charge in [-0.15, -0.1) is 0 Å². The zero-order valence-corrected chi connectivity index (χ0v) is 14.4. The van der Waals surface area contributed by atoms with Gasteiger partial charge in [-0.05, 0) is 48.9 Å². The molecule has 128 valence electrons. The molecule has 0 bridgehead atoms. The van der Waals surface area contributed by atoms with Gasteiger partial charge in [-0.2, -0.15) is 0 Å². The summed E-state index contributed by atoms with van der Waals surface area (Å²) in [5.41, 5.74) is 3.99. The van der Waals surface area contributed by atoms with E-state index < -0.39 is 0 Å². The van der Waals surface area contributed by atoms with Crippen molar-refractivity contribution in [3.05, 3.63) is 54.1 Å². The molecule has 0 saturated carbocycles. The Bertz CT molecular complexity index is 671. The summed E-state index contributed by atoms with van der Waals surface area (Å²) in [5, 5.41) is 15.3. The molecule has 0 fully saturated rings. The van der Waals surface area contributed by atoms with Crippen LogP contribution < -0.4 is 15.5 Å². The van der Waals surface area contributed by atoms with Gasteiger partial charge < -0.3 is 20.6 Å². The van der Waals surface area contributed by atoms with Crippen LogP contribution in [0.1, 0.15) is 25.5 Å². The fourth-order valence-electron chi connectivity index (χ4n) is 2.51. The second kappa shape index (κ2) is 8.36. The van der Waals surface area contributed by atoms with Gasteiger partial charge in [-0.3, -0.25) is 4.79 Å². The Balaban J connectivity index is 2.04. The fraction of sp³-hybridized carbons (Fsp3) is 0.316. The van der Waals surface area contributed by atoms with Crippen molar-refractivity contribution in [3.63, 3.8) is 0 Å². The van der Waals surface area contributed by atoms with Gasteiger partial charge in [0.15, 0.2) is 0 Å². The van der Waals surface area contributed by atoms with Crippen molar-refractivity contribution in [2.45, 2.75) is 19.9 Å². The van der Waals surface area contributed by atoms with Crippen molar-refractivity contribution in [3.8, 4) is 0 Å². The number of aliphatic hydroxyl groups is 1. The lowest BCUT2D eigenvalue weighted by atomic mass is 10.1. The summed E-state index contributed by atoms with van der Waals surface area (Å²) in [6.07, 6.45) is 0. The van der Waals surface area contributed by atoms with E-state index in [0.29, 0.717) is 6.54 Å². The number of likely N-dealkylation sites (N-methyl/N-ethyl adjacent to an activating group) is 1. The van der Waals surface area contributed by atoms with Gasteiger partial charge in [0.05, 0.1) is 6.61 Å². The average Bonchev–Trinajstić information content (AvgIpc) is 2.55. The van der Waals surface area contributed by atoms with Crippen LogP contribution in [0.3, 0.4) is 0 Å². The summed E-state index contributed by atoms with van der Waals surface area (Å²) < 4.78 is 0. The van der Waals surface area contributed by atoms with Gasteiger partial charge in [-0.25, -0.2) is 0 Å². The number of benzene rings is 2. The summed E-state index contributed by atoms with van der Waals surface area (Å²) >= 11 is 0. The fourth-order valence-corrected chi connectivity index (χ4v) is 2.51. The maximum atomic E-state index is 11.2. The smallest absolute Gasteiger partial charge is 0.221 e. The predicted molar refractivity (Wildman–Crippen MR) is 99.6 cm³/mol. The van der Waals surface area contributed by atoms with Gasteiger partial charge in [0.25, 0.3) is 0 Å². The number of carbonyl (C=O) groups excluding carboxylic acids is 1. The first-order chi connectivity index (χ1) is 11.5. The van der Waals surface area contributed by atoms with Crippen molar-refractivity contribution in [2.75, 3.05) is 35.7 Å². The van der Waals surface area contributed by atoms with Crippen LogP contribution in [-0.4, -0.2) is 31.2 Å². The first-order valence-electron chi connectivity index (χ1n) is 8.05. The summed E-state index contributed by atoms with van der Waals surface area (Å²) in [5.74, 6) is -0.0737. The molecule has 24 heavy (non-hydrogen) atoms. The van der Waals surface area contributed by atoms with E-state index in [0.717, 1.165) is 22.6 Å². The molecule has 5 heteroatoms. The lowest BCUT2D eigenvalue weighted by molar-refractivity contribution is -0.114. The minimum Gasteiger partial charge on any atom is -0.395 e. The van der Waals surface area contributed by atoms with Gasteiger partial charge in [0.1, 0.15) is 0 Å². The second-order valence-electron chi connectivity index (χ2n) is 5.86. The number of carbonyl (C=O) groups is 1. The van der Waals surface area contributed by atoms with Crippen LogP contribution in [0, 0.1) is 0 Å². The Hall–Kier alpha value is -2.53. The van der Waals surface area contributed by atoms with Gasteiger partial charge in [0.2, 0.25) is 5.91 Å². The van der Waals surface area contributed by atoms with E-state index in [1.165, 1.54) is 6.92 Å². The Morgan fingerprint density at radius 2 is 1.88 bits per heavy atom. The Morgan fingerprint density at radius 1 is 1.17 bits per heavy atom. The molecule has 2 rings (SSSR count). The number of aliphatic hydroxyl groups excluding tert-OH is 1. The molecule has 3 N–H and O–H groups in total. The van der Waals surface area contributed by atoms with Crippen LogP contribution in [0.4, 0.5) is 17.1 Å². The zero-order valence-electron chi connectivity index (χ0n) is 14.4. The number of rotatable bonds is 7. The molecule has 0 aliphatic heterocycles. The minimum atomic E-state index is -0.0737. The summed E-state index contributed by atoms with van der Waals surface area (Å²) in [6, 6.07) is 16.0. The van der Waals surface area contributed by atoms with Gasteiger partial charge >= 0.3 is 0 Å². The Labute approximate surface area is 143 Å². The quantitative estimate of drug-likeness (QED) is 0.730. The van der Waals surface area contributed by atoms with E-state index in [1.807, 2.05) is 60.5 Å². The third-order valence-corrected chi connectivity index (χ3v) is 3.83. The monoisotopic (exact) mass is 327 g/mol. The Morgan fingerprint density at radius 3 is 2.50 bits per heavy atom. The number of anilines is 3. The number of hydrogen-bond acceptors (Lipinski definition) is 4. The van der Waals surface area contributed by atoms with Crippen molar-refractivity contribution in [1.82, 2.24) is 0 Å². The lowest BCUT2D eigenvalue weighted by Gasteiger charge is -2.20. The van der Waals surface area contributed by atoms with Crippen molar-refractivity contribution < 1.29 is 9.90 Å². The third kappa shape index (κ3) is 4.99. The molecule has 1 atom stereocenters. The molecule has 0 saturated heterocycles. The highest BCUT2D eigenvalue weighted by atomic mass is 16.3. The maximum Gasteiger partial charge on any atom is 0.221 e. The number of nitrogens with zero attached hydrogens (tertiary/aromatic N) is 1. The van der Waals surface area contributed by atoms with Crippen LogP contribution in [0.5, 0.6) is 0 Å². The molecule has 0 spiro atoms. The van der Waals surface area contributed by atoms with E-state index in [-0.39, 0.29) is 18.6 Å². The average molecular weight is 327 g/mol. The van der Waals surface area contributed by atoms with Gasteiger partial charge in [0, 0.05) is 43.6 Å². The number of nitrogens with one attached hydrogen (secondary N) is 2. The first-order valence-corrected chi connectivity index (χ1v) is 8.05. The van der Waals surface area contributed by atoms with Crippen LogP contribution in [0.15, 0.2) is 48.5 Å². The van der Waals surface area contributed by atoms with E-state index in [2.05, 4.69) is 17.6 Å². The molecule has 2 aromatic rings. The molecule has 1 unspecified atom stereocenters. The SMILES string of the molecule is CC(=O)Nc1cccc(C(C)Nc2ccc(N(C)CCO)cc2)c1. The summed E-state index contributed by atoms with van der Waals surface area (Å²) in [4.78, 5) is 13.2. The molecule has 2 aromatic carbocycles. The number of amides is 1. The zero-order chi connectivity index (χ0) is 17.5. The first kappa shape index (κ1) is 17.8. The molecular weight excluding hydrogens is 302 g/mol. The van der Waals surface area contributed by atoms with E-state index in [1.54, 1.807) is 0 Å². The normalized spacial score (nSPS) is 11.7. The molecule has 0 aliphatic carbocycles. The molecule has 0 aromatic heterocycles. The van der Waals surface area contributed by atoms with E-state index in [4.69, 9.17) is 5.11 Å². The lowest BCUT2D eigenvalue weighted by Crippen LogP contribution is -2.20. The predicted octanol–water partition coefficient (Wildman–Crippen LogP) is 3.25. The van der Waals surface area contributed by atoms with Crippen LogP contribution in [0.2, 0.25) is 0 Å². The van der Waals surface area contributed by atoms with Crippen molar-refractivity contribution >= 4 is 23.0 Å². The largest absolute Gasteiger partial charge is 0.395 e. The second-order valence-corrected chi connectivity index (χ2v) is 5.86. The standard InChI is InChI=1S/C19H25N3O2/c1-14(16-5-4-6-18(13-16)21-15(2)24)20-17-7-9-19(10-8-17)22(3)11-12-23/h4-10,13-14,20,23H,11-12H2,1-3H3,(H,21,24). The van der Waals surface area contributed by atoms with Gasteiger partial charge in [-0.1, -0.05) is 12.1 Å². The summed E-state index contributed by atoms with van der Waals surface area (Å²) in [6.45, 7) is 4.33. The molecular formula is C19H25N3O2. The van der Waals surface area contributed by atoms with Crippen molar-refractivity contribution in [1.29, 1.82) is 0 Å². The topological polar surface area (TPSA) is 64.6 Å².